The summed E-state index contributed by atoms with van der Waals surface area (Å²) in [4.78, 5) is 6.86. The number of anilines is 1. The molecule has 2 heteroatoms. The fourth-order valence-corrected chi connectivity index (χ4v) is 2.03. The number of rotatable bonds is 2. The Hall–Kier alpha value is -1.57. The monoisotopic (exact) mass is 214 g/mol. The van der Waals surface area contributed by atoms with E-state index in [-0.39, 0.29) is 0 Å². The number of benzene rings is 1. The van der Waals surface area contributed by atoms with Gasteiger partial charge in [0.05, 0.1) is 5.52 Å². The van der Waals surface area contributed by atoms with Crippen molar-refractivity contribution in [1.29, 1.82) is 0 Å². The maximum Gasteiger partial charge on any atom is 0.131 e. The summed E-state index contributed by atoms with van der Waals surface area (Å²) >= 11 is 0. The summed E-state index contributed by atoms with van der Waals surface area (Å²) in [5.41, 5.74) is 3.66. The number of hydrogen-bond donors (Lipinski definition) is 0. The third-order valence-corrected chi connectivity index (χ3v) is 2.91. The first-order valence-corrected chi connectivity index (χ1v) is 5.70. The number of para-hydroxylation sites is 1. The lowest BCUT2D eigenvalue weighted by Gasteiger charge is -2.17. The average molecular weight is 214 g/mol. The molecule has 0 fully saturated rings. The minimum Gasteiger partial charge on any atom is -0.362 e. The molecular formula is C14H18N2. The van der Waals surface area contributed by atoms with Gasteiger partial charge in [0.1, 0.15) is 5.82 Å². The summed E-state index contributed by atoms with van der Waals surface area (Å²) < 4.78 is 0. The molecule has 0 aliphatic rings. The average Bonchev–Trinajstić information content (AvgIpc) is 2.27. The number of hydrogen-bond acceptors (Lipinski definition) is 2. The number of aryl methyl sites for hydroxylation is 2. The zero-order valence-corrected chi connectivity index (χ0v) is 10.4. The predicted octanol–water partition coefficient (Wildman–Crippen LogP) is 3.17. The van der Waals surface area contributed by atoms with E-state index < -0.39 is 0 Å². The molecule has 0 N–H and O–H groups in total. The van der Waals surface area contributed by atoms with Gasteiger partial charge >= 0.3 is 0 Å². The molecule has 1 aromatic heterocycles. The van der Waals surface area contributed by atoms with Gasteiger partial charge < -0.3 is 4.90 Å². The van der Waals surface area contributed by atoms with Gasteiger partial charge in [-0.25, -0.2) is 4.98 Å². The lowest BCUT2D eigenvalue weighted by atomic mass is 10.1. The maximum atomic E-state index is 4.77. The molecule has 0 spiro atoms. The standard InChI is InChI=1S/C14H18N2/c1-5-11-9-12-8-6-7-10(2)13(12)15-14(11)16(3)4/h6-9H,5H2,1-4H3. The van der Waals surface area contributed by atoms with Crippen LogP contribution in [0.2, 0.25) is 0 Å². The van der Waals surface area contributed by atoms with Crippen molar-refractivity contribution in [2.24, 2.45) is 0 Å². The Morgan fingerprint density at radius 1 is 1.25 bits per heavy atom. The van der Waals surface area contributed by atoms with Crippen LogP contribution in [0.15, 0.2) is 24.3 Å². The van der Waals surface area contributed by atoms with Crippen LogP contribution in [0.25, 0.3) is 10.9 Å². The molecule has 2 rings (SSSR count). The highest BCUT2D eigenvalue weighted by Gasteiger charge is 2.08. The summed E-state index contributed by atoms with van der Waals surface area (Å²) in [5, 5.41) is 1.24. The Kier molecular flexibility index (Phi) is 2.82. The number of nitrogens with zero attached hydrogens (tertiary/aromatic N) is 2. The highest BCUT2D eigenvalue weighted by molar-refractivity contribution is 5.84. The van der Waals surface area contributed by atoms with Crippen molar-refractivity contribution < 1.29 is 0 Å². The van der Waals surface area contributed by atoms with E-state index in [1.165, 1.54) is 16.5 Å². The van der Waals surface area contributed by atoms with Crippen LogP contribution in [0.4, 0.5) is 5.82 Å². The zero-order chi connectivity index (χ0) is 11.7. The summed E-state index contributed by atoms with van der Waals surface area (Å²) in [6, 6.07) is 8.59. The Labute approximate surface area is 96.9 Å². The molecular weight excluding hydrogens is 196 g/mol. The summed E-state index contributed by atoms with van der Waals surface area (Å²) in [7, 11) is 4.09. The van der Waals surface area contributed by atoms with Crippen molar-refractivity contribution >= 4 is 16.7 Å². The lowest BCUT2D eigenvalue weighted by molar-refractivity contribution is 1.02. The van der Waals surface area contributed by atoms with Crippen LogP contribution in [0.1, 0.15) is 18.1 Å². The molecule has 0 saturated heterocycles. The van der Waals surface area contributed by atoms with Gasteiger partial charge in [0.15, 0.2) is 0 Å². The van der Waals surface area contributed by atoms with Gasteiger partial charge in [-0.3, -0.25) is 0 Å². The molecule has 0 radical (unpaired) electrons. The summed E-state index contributed by atoms with van der Waals surface area (Å²) in [6.07, 6.45) is 1.02. The van der Waals surface area contributed by atoms with Gasteiger partial charge in [-0.1, -0.05) is 25.1 Å². The van der Waals surface area contributed by atoms with Crippen molar-refractivity contribution in [2.45, 2.75) is 20.3 Å². The third-order valence-electron chi connectivity index (χ3n) is 2.91. The Balaban J connectivity index is 2.76. The van der Waals surface area contributed by atoms with Gasteiger partial charge in [0, 0.05) is 19.5 Å². The van der Waals surface area contributed by atoms with Gasteiger partial charge in [0.25, 0.3) is 0 Å². The van der Waals surface area contributed by atoms with Crippen LogP contribution in [0.3, 0.4) is 0 Å². The highest BCUT2D eigenvalue weighted by Crippen LogP contribution is 2.24. The molecule has 2 aromatic rings. The molecule has 0 bridgehead atoms. The third kappa shape index (κ3) is 1.75. The summed E-state index contributed by atoms with van der Waals surface area (Å²) in [5.74, 6) is 1.09. The first kappa shape index (κ1) is 10.9. The first-order valence-electron chi connectivity index (χ1n) is 5.70. The second kappa shape index (κ2) is 4.12. The SMILES string of the molecule is CCc1cc2cccc(C)c2nc1N(C)C. The number of pyridine rings is 1. The van der Waals surface area contributed by atoms with E-state index in [0.29, 0.717) is 0 Å². The molecule has 0 atom stereocenters. The van der Waals surface area contributed by atoms with E-state index in [9.17, 15) is 0 Å². The van der Waals surface area contributed by atoms with E-state index >= 15 is 0 Å². The van der Waals surface area contributed by atoms with E-state index in [1.807, 2.05) is 14.1 Å². The number of fused-ring (bicyclic) bond motifs is 1. The van der Waals surface area contributed by atoms with E-state index in [4.69, 9.17) is 4.98 Å². The fourth-order valence-electron chi connectivity index (χ4n) is 2.03. The maximum absolute atomic E-state index is 4.77. The van der Waals surface area contributed by atoms with E-state index in [1.54, 1.807) is 0 Å². The van der Waals surface area contributed by atoms with Crippen LogP contribution in [-0.2, 0) is 6.42 Å². The summed E-state index contributed by atoms with van der Waals surface area (Å²) in [6.45, 7) is 4.28. The van der Waals surface area contributed by atoms with Gasteiger partial charge in [-0.15, -0.1) is 0 Å². The van der Waals surface area contributed by atoms with Gasteiger partial charge in [-0.05, 0) is 30.5 Å². The van der Waals surface area contributed by atoms with Crippen molar-refractivity contribution in [3.8, 4) is 0 Å². The van der Waals surface area contributed by atoms with Crippen LogP contribution in [-0.4, -0.2) is 19.1 Å². The minimum atomic E-state index is 1.02. The minimum absolute atomic E-state index is 1.02. The van der Waals surface area contributed by atoms with Crippen molar-refractivity contribution in [3.05, 3.63) is 35.4 Å². The topological polar surface area (TPSA) is 16.1 Å². The largest absolute Gasteiger partial charge is 0.362 e. The van der Waals surface area contributed by atoms with Crippen molar-refractivity contribution in [2.75, 3.05) is 19.0 Å². The van der Waals surface area contributed by atoms with E-state index in [0.717, 1.165) is 17.8 Å². The molecule has 1 aromatic carbocycles. The van der Waals surface area contributed by atoms with Gasteiger partial charge in [-0.2, -0.15) is 0 Å². The quantitative estimate of drug-likeness (QED) is 0.763. The van der Waals surface area contributed by atoms with E-state index in [2.05, 4.69) is 43.0 Å². The fraction of sp³-hybridized carbons (Fsp3) is 0.357. The molecule has 1 heterocycles. The second-order valence-electron chi connectivity index (χ2n) is 4.37. The second-order valence-corrected chi connectivity index (χ2v) is 4.37. The van der Waals surface area contributed by atoms with Crippen LogP contribution in [0.5, 0.6) is 0 Å². The lowest BCUT2D eigenvalue weighted by Crippen LogP contribution is -2.13. The van der Waals surface area contributed by atoms with Gasteiger partial charge in [0.2, 0.25) is 0 Å². The Bertz CT molecular complexity index is 515. The molecule has 0 amide bonds. The molecule has 0 saturated carbocycles. The molecule has 2 nitrogen and oxygen atoms in total. The predicted molar refractivity (Wildman–Crippen MR) is 70.2 cm³/mol. The molecule has 0 aliphatic carbocycles. The normalized spacial score (nSPS) is 10.8. The zero-order valence-electron chi connectivity index (χ0n) is 10.4. The van der Waals surface area contributed by atoms with Crippen molar-refractivity contribution in [3.63, 3.8) is 0 Å². The Morgan fingerprint density at radius 2 is 2.00 bits per heavy atom. The number of aromatic nitrogens is 1. The molecule has 0 unspecified atom stereocenters. The van der Waals surface area contributed by atoms with Crippen LogP contribution in [0, 0.1) is 6.92 Å². The molecule has 16 heavy (non-hydrogen) atoms. The smallest absolute Gasteiger partial charge is 0.131 e. The molecule has 84 valence electrons. The Morgan fingerprint density at radius 3 is 2.62 bits per heavy atom. The van der Waals surface area contributed by atoms with Crippen LogP contribution < -0.4 is 4.90 Å². The first-order chi connectivity index (χ1) is 7.63. The van der Waals surface area contributed by atoms with Crippen LogP contribution >= 0.6 is 0 Å². The van der Waals surface area contributed by atoms with Crippen molar-refractivity contribution in [1.82, 2.24) is 4.98 Å². The molecule has 0 aliphatic heterocycles. The highest BCUT2D eigenvalue weighted by atomic mass is 15.1.